The van der Waals surface area contributed by atoms with Crippen LogP contribution in [0.5, 0.6) is 0 Å². The normalized spacial score (nSPS) is 20.9. The Balaban J connectivity index is 2.55. The predicted octanol–water partition coefficient (Wildman–Crippen LogP) is -1.54. The molecule has 0 aromatic carbocycles. The van der Waals surface area contributed by atoms with E-state index in [-0.39, 0.29) is 13.1 Å². The minimum absolute atomic E-state index is 0.102. The lowest BCUT2D eigenvalue weighted by molar-refractivity contribution is -0.140. The van der Waals surface area contributed by atoms with Crippen molar-refractivity contribution in [3.63, 3.8) is 0 Å². The van der Waals surface area contributed by atoms with Gasteiger partial charge in [-0.1, -0.05) is 0 Å². The van der Waals surface area contributed by atoms with Gasteiger partial charge in [0, 0.05) is 39.3 Å². The van der Waals surface area contributed by atoms with Gasteiger partial charge in [0.05, 0.1) is 13.1 Å². The van der Waals surface area contributed by atoms with Gasteiger partial charge in [0.15, 0.2) is 0 Å². The lowest BCUT2D eigenvalue weighted by Crippen LogP contribution is -2.40. The average Bonchev–Trinajstić information content (AvgIpc) is 2.33. The van der Waals surface area contributed by atoms with Crippen molar-refractivity contribution in [2.24, 2.45) is 0 Å². The smallest absolute Gasteiger partial charge is 0.317 e. The van der Waals surface area contributed by atoms with E-state index in [1.807, 2.05) is 0 Å². The molecule has 18 heavy (non-hydrogen) atoms. The third-order valence-corrected chi connectivity index (χ3v) is 2.80. The van der Waals surface area contributed by atoms with Crippen molar-refractivity contribution < 1.29 is 25.0 Å². The summed E-state index contributed by atoms with van der Waals surface area (Å²) in [5.74, 6) is -1.85. The van der Waals surface area contributed by atoms with Crippen molar-refractivity contribution in [1.29, 1.82) is 0 Å². The molecule has 0 atom stereocenters. The van der Waals surface area contributed by atoms with E-state index in [0.29, 0.717) is 39.3 Å². The number of aliphatic carboxylic acids is 2. The molecule has 1 aliphatic heterocycles. The van der Waals surface area contributed by atoms with Gasteiger partial charge >= 0.3 is 11.9 Å². The zero-order chi connectivity index (χ0) is 13.5. The van der Waals surface area contributed by atoms with Gasteiger partial charge in [-0.3, -0.25) is 19.4 Å². The molecule has 0 aliphatic carbocycles. The van der Waals surface area contributed by atoms with Gasteiger partial charge in [0.1, 0.15) is 0 Å². The Morgan fingerprint density at radius 2 is 1.11 bits per heavy atom. The Morgan fingerprint density at radius 3 is 1.44 bits per heavy atom. The maximum absolute atomic E-state index is 10.7. The van der Waals surface area contributed by atoms with Crippen LogP contribution < -0.4 is 0 Å². The summed E-state index contributed by atoms with van der Waals surface area (Å²) < 4.78 is 0. The summed E-state index contributed by atoms with van der Waals surface area (Å²) >= 11 is 0. The van der Waals surface area contributed by atoms with Gasteiger partial charge in [-0.25, -0.2) is 0 Å². The van der Waals surface area contributed by atoms with Crippen molar-refractivity contribution in [2.45, 2.75) is 0 Å². The van der Waals surface area contributed by atoms with Crippen molar-refractivity contribution in [3.05, 3.63) is 0 Å². The molecule has 0 saturated carbocycles. The summed E-state index contributed by atoms with van der Waals surface area (Å²) in [6.45, 7) is 2.36. The molecule has 0 unspecified atom stereocenters. The molecule has 1 fully saturated rings. The standard InChI is InChI=1S/C10H19N3O5/c14-9(15)7-11-1-2-12(8-10(16)17)4-6-13(18)5-3-11/h18H,1-8H2,(H,14,15)(H,16,17). The predicted molar refractivity (Wildman–Crippen MR) is 61.5 cm³/mol. The Labute approximate surface area is 105 Å². The molecular formula is C10H19N3O5. The van der Waals surface area contributed by atoms with Crippen LogP contribution in [0.15, 0.2) is 0 Å². The lowest BCUT2D eigenvalue weighted by atomic mass is 10.4. The monoisotopic (exact) mass is 261 g/mol. The third-order valence-electron chi connectivity index (χ3n) is 2.80. The van der Waals surface area contributed by atoms with Gasteiger partial charge in [0.25, 0.3) is 0 Å². The number of hydrogen-bond donors (Lipinski definition) is 3. The van der Waals surface area contributed by atoms with Gasteiger partial charge in [0.2, 0.25) is 0 Å². The molecule has 8 heteroatoms. The second-order valence-corrected chi connectivity index (χ2v) is 4.29. The Kier molecular flexibility index (Phi) is 5.99. The van der Waals surface area contributed by atoms with E-state index >= 15 is 0 Å². The number of hydrogen-bond acceptors (Lipinski definition) is 6. The van der Waals surface area contributed by atoms with E-state index in [1.54, 1.807) is 9.80 Å². The molecule has 3 N–H and O–H groups in total. The van der Waals surface area contributed by atoms with Crippen LogP contribution in [0.1, 0.15) is 0 Å². The first kappa shape index (κ1) is 14.8. The quantitative estimate of drug-likeness (QED) is 0.559. The van der Waals surface area contributed by atoms with Crippen molar-refractivity contribution in [2.75, 3.05) is 52.4 Å². The van der Waals surface area contributed by atoms with E-state index in [2.05, 4.69) is 0 Å². The van der Waals surface area contributed by atoms with Crippen molar-refractivity contribution in [1.82, 2.24) is 14.9 Å². The molecule has 0 aromatic rings. The third kappa shape index (κ3) is 5.92. The van der Waals surface area contributed by atoms with E-state index in [0.717, 1.165) is 5.06 Å². The number of carbonyl (C=O) groups is 2. The maximum Gasteiger partial charge on any atom is 0.317 e. The summed E-state index contributed by atoms with van der Waals surface area (Å²) in [4.78, 5) is 24.7. The summed E-state index contributed by atoms with van der Waals surface area (Å²) in [5, 5.41) is 28.1. The zero-order valence-electron chi connectivity index (χ0n) is 10.2. The molecule has 0 aromatic heterocycles. The first-order valence-electron chi connectivity index (χ1n) is 5.79. The van der Waals surface area contributed by atoms with E-state index in [9.17, 15) is 14.8 Å². The lowest BCUT2D eigenvalue weighted by Gasteiger charge is -2.23. The van der Waals surface area contributed by atoms with Crippen LogP contribution in [0.25, 0.3) is 0 Å². The molecule has 104 valence electrons. The van der Waals surface area contributed by atoms with Crippen LogP contribution in [-0.2, 0) is 9.59 Å². The first-order valence-corrected chi connectivity index (χ1v) is 5.79. The molecular weight excluding hydrogens is 242 g/mol. The molecule has 1 aliphatic rings. The van der Waals surface area contributed by atoms with E-state index in [4.69, 9.17) is 10.2 Å². The first-order chi connectivity index (χ1) is 8.47. The Hall–Kier alpha value is -1.22. The molecule has 0 bridgehead atoms. The number of rotatable bonds is 4. The highest BCUT2D eigenvalue weighted by molar-refractivity contribution is 5.69. The van der Waals surface area contributed by atoms with E-state index < -0.39 is 11.9 Å². The summed E-state index contributed by atoms with van der Waals surface area (Å²) in [5.41, 5.74) is 0. The SMILES string of the molecule is O=C(O)CN1CCN(O)CCN(CC(=O)O)CC1. The number of hydroxylamine groups is 2. The molecule has 8 nitrogen and oxygen atoms in total. The molecule has 1 heterocycles. The maximum atomic E-state index is 10.7. The molecule has 1 rings (SSSR count). The van der Waals surface area contributed by atoms with Crippen LogP contribution in [0.2, 0.25) is 0 Å². The van der Waals surface area contributed by atoms with Gasteiger partial charge < -0.3 is 15.4 Å². The topological polar surface area (TPSA) is 105 Å². The highest BCUT2D eigenvalue weighted by Crippen LogP contribution is 1.98. The van der Waals surface area contributed by atoms with Crippen LogP contribution >= 0.6 is 0 Å². The van der Waals surface area contributed by atoms with Crippen LogP contribution in [0.3, 0.4) is 0 Å². The van der Waals surface area contributed by atoms with Crippen LogP contribution in [-0.4, -0.2) is 94.6 Å². The van der Waals surface area contributed by atoms with Gasteiger partial charge in [-0.2, -0.15) is 5.06 Å². The zero-order valence-corrected chi connectivity index (χ0v) is 10.2. The van der Waals surface area contributed by atoms with Gasteiger partial charge in [-0.15, -0.1) is 0 Å². The number of carboxylic acid groups (broad SMARTS) is 2. The molecule has 0 spiro atoms. The van der Waals surface area contributed by atoms with Crippen LogP contribution in [0, 0.1) is 0 Å². The minimum Gasteiger partial charge on any atom is -0.480 e. The second kappa shape index (κ2) is 7.27. The average molecular weight is 261 g/mol. The molecule has 0 radical (unpaired) electrons. The Bertz CT molecular complexity index is 271. The fraction of sp³-hybridized carbons (Fsp3) is 0.800. The highest BCUT2D eigenvalue weighted by atomic mass is 16.5. The molecule has 0 amide bonds. The van der Waals surface area contributed by atoms with Gasteiger partial charge in [-0.05, 0) is 0 Å². The number of carboxylic acids is 2. The fourth-order valence-electron chi connectivity index (χ4n) is 1.83. The second-order valence-electron chi connectivity index (χ2n) is 4.29. The summed E-state index contributed by atoms with van der Waals surface area (Å²) in [6, 6.07) is 0. The fourth-order valence-corrected chi connectivity index (χ4v) is 1.83. The summed E-state index contributed by atoms with van der Waals surface area (Å²) in [6.07, 6.45) is 0. The van der Waals surface area contributed by atoms with Crippen LogP contribution in [0.4, 0.5) is 0 Å². The highest BCUT2D eigenvalue weighted by Gasteiger charge is 2.18. The largest absolute Gasteiger partial charge is 0.480 e. The summed E-state index contributed by atoms with van der Waals surface area (Å²) in [7, 11) is 0. The Morgan fingerprint density at radius 1 is 0.778 bits per heavy atom. The van der Waals surface area contributed by atoms with Crippen molar-refractivity contribution in [3.8, 4) is 0 Å². The molecule has 1 saturated heterocycles. The van der Waals surface area contributed by atoms with Crippen molar-refractivity contribution >= 4 is 11.9 Å². The minimum atomic E-state index is -0.927. The number of nitrogens with zero attached hydrogens (tertiary/aromatic N) is 3. The van der Waals surface area contributed by atoms with E-state index in [1.165, 1.54) is 0 Å².